The fraction of sp³-hybridized carbons (Fsp3) is 0.333. The lowest BCUT2D eigenvalue weighted by atomic mass is 9.93. The number of ether oxygens (including phenoxy) is 1. The van der Waals surface area contributed by atoms with Gasteiger partial charge in [-0.2, -0.15) is 0 Å². The van der Waals surface area contributed by atoms with Crippen LogP contribution in [0, 0.1) is 0 Å². The van der Waals surface area contributed by atoms with Crippen molar-refractivity contribution in [2.45, 2.75) is 38.7 Å². The van der Waals surface area contributed by atoms with E-state index in [2.05, 4.69) is 12.1 Å². The molecule has 5 heteroatoms. The van der Waals surface area contributed by atoms with E-state index < -0.39 is 0 Å². The number of nitrogens with zero attached hydrogens (tertiary/aromatic N) is 2. The van der Waals surface area contributed by atoms with Gasteiger partial charge in [0, 0.05) is 48.1 Å². The molecule has 1 aromatic heterocycles. The Morgan fingerprint density at radius 3 is 2.44 bits per heavy atom. The second-order valence-corrected chi connectivity index (χ2v) is 8.76. The molecule has 1 saturated heterocycles. The monoisotopic (exact) mass is 448 g/mol. The summed E-state index contributed by atoms with van der Waals surface area (Å²) in [5.41, 5.74) is 5.27. The molecule has 0 N–H and O–H groups in total. The van der Waals surface area contributed by atoms with Crippen LogP contribution in [0.25, 0.3) is 0 Å². The van der Waals surface area contributed by atoms with Crippen LogP contribution >= 0.6 is 11.6 Å². The van der Waals surface area contributed by atoms with E-state index in [4.69, 9.17) is 21.3 Å². The maximum Gasteiger partial charge on any atom is 0.253 e. The van der Waals surface area contributed by atoms with E-state index in [0.717, 1.165) is 47.7 Å². The lowest BCUT2D eigenvalue weighted by molar-refractivity contribution is 0.0705. The number of carbonyl (C=O) groups excluding carboxylic acids is 1. The smallest absolute Gasteiger partial charge is 0.253 e. The van der Waals surface area contributed by atoms with Gasteiger partial charge < -0.3 is 9.64 Å². The highest BCUT2D eigenvalue weighted by Gasteiger charge is 2.26. The Morgan fingerprint density at radius 2 is 1.75 bits per heavy atom. The van der Waals surface area contributed by atoms with Crippen LogP contribution in [0.2, 0.25) is 5.02 Å². The molecule has 166 valence electrons. The Bertz CT molecular complexity index is 1020. The summed E-state index contributed by atoms with van der Waals surface area (Å²) in [6.07, 6.45) is 4.84. The highest BCUT2D eigenvalue weighted by Crippen LogP contribution is 2.27. The van der Waals surface area contributed by atoms with Crippen molar-refractivity contribution in [3.63, 3.8) is 0 Å². The number of halogens is 1. The fourth-order valence-corrected chi connectivity index (χ4v) is 4.29. The predicted molar refractivity (Wildman–Crippen MR) is 128 cm³/mol. The number of hydrogen-bond acceptors (Lipinski definition) is 3. The van der Waals surface area contributed by atoms with E-state index >= 15 is 0 Å². The van der Waals surface area contributed by atoms with Crippen LogP contribution in [0.5, 0.6) is 0 Å². The van der Waals surface area contributed by atoms with Gasteiger partial charge in [0.15, 0.2) is 0 Å². The predicted octanol–water partition coefficient (Wildman–Crippen LogP) is 5.88. The third-order valence-electron chi connectivity index (χ3n) is 5.97. The van der Waals surface area contributed by atoms with Crippen molar-refractivity contribution in [2.24, 2.45) is 0 Å². The van der Waals surface area contributed by atoms with E-state index in [0.29, 0.717) is 19.8 Å². The quantitative estimate of drug-likeness (QED) is 0.453. The molecule has 2 aromatic carbocycles. The first-order valence-corrected chi connectivity index (χ1v) is 11.7. The van der Waals surface area contributed by atoms with E-state index in [-0.39, 0.29) is 11.8 Å². The number of rotatable bonds is 7. The van der Waals surface area contributed by atoms with Gasteiger partial charge in [-0.1, -0.05) is 41.9 Å². The topological polar surface area (TPSA) is 42.4 Å². The Hall–Kier alpha value is -2.69. The van der Waals surface area contributed by atoms with Gasteiger partial charge in [-0.3, -0.25) is 9.78 Å². The number of amides is 1. The molecule has 0 saturated carbocycles. The van der Waals surface area contributed by atoms with Crippen molar-refractivity contribution in [1.29, 1.82) is 0 Å². The Kier molecular flexibility index (Phi) is 7.56. The van der Waals surface area contributed by atoms with Crippen molar-refractivity contribution in [2.75, 3.05) is 19.7 Å². The van der Waals surface area contributed by atoms with Crippen LogP contribution in [0.15, 0.2) is 66.9 Å². The Balaban J connectivity index is 1.37. The van der Waals surface area contributed by atoms with Gasteiger partial charge in [-0.05, 0) is 73.2 Å². The third-order valence-corrected chi connectivity index (χ3v) is 6.22. The molecule has 1 aliphatic heterocycles. The summed E-state index contributed by atoms with van der Waals surface area (Å²) in [5, 5.41) is 0.750. The minimum absolute atomic E-state index is 0.0945. The number of carbonyl (C=O) groups is 1. The summed E-state index contributed by atoms with van der Waals surface area (Å²) in [7, 11) is 0. The largest absolute Gasteiger partial charge is 0.377 e. The number of benzene rings is 2. The molecule has 0 spiro atoms. The van der Waals surface area contributed by atoms with E-state index in [9.17, 15) is 4.79 Å². The van der Waals surface area contributed by atoms with Crippen LogP contribution in [0.1, 0.15) is 58.4 Å². The molecule has 1 atom stereocenters. The van der Waals surface area contributed by atoms with Crippen LogP contribution in [0.4, 0.5) is 0 Å². The normalized spacial score (nSPS) is 16.2. The molecule has 32 heavy (non-hydrogen) atoms. The number of aromatic nitrogens is 1. The number of likely N-dealkylation sites (tertiary alicyclic amines) is 1. The fourth-order valence-electron chi connectivity index (χ4n) is 4.17. The second-order valence-electron chi connectivity index (χ2n) is 8.32. The number of hydrogen-bond donors (Lipinski definition) is 0. The van der Waals surface area contributed by atoms with Gasteiger partial charge in [0.1, 0.15) is 0 Å². The lowest BCUT2D eigenvalue weighted by Crippen LogP contribution is -2.39. The summed E-state index contributed by atoms with van der Waals surface area (Å²) >= 11 is 5.97. The van der Waals surface area contributed by atoms with E-state index in [1.54, 1.807) is 0 Å². The molecule has 2 heterocycles. The maximum atomic E-state index is 13.0. The van der Waals surface area contributed by atoms with Crippen LogP contribution < -0.4 is 0 Å². The first-order chi connectivity index (χ1) is 15.6. The zero-order chi connectivity index (χ0) is 22.3. The van der Waals surface area contributed by atoms with E-state index in [1.165, 1.54) is 11.1 Å². The van der Waals surface area contributed by atoms with Crippen LogP contribution in [-0.2, 0) is 17.8 Å². The average Bonchev–Trinajstić information content (AvgIpc) is 2.84. The van der Waals surface area contributed by atoms with Crippen molar-refractivity contribution >= 4 is 17.5 Å². The summed E-state index contributed by atoms with van der Waals surface area (Å²) in [4.78, 5) is 19.8. The van der Waals surface area contributed by atoms with Gasteiger partial charge >= 0.3 is 0 Å². The highest BCUT2D eigenvalue weighted by atomic mass is 35.5. The molecular formula is C27H29ClN2O2. The van der Waals surface area contributed by atoms with Gasteiger partial charge in [-0.25, -0.2) is 0 Å². The summed E-state index contributed by atoms with van der Waals surface area (Å²) < 4.78 is 5.44. The molecule has 0 radical (unpaired) electrons. The van der Waals surface area contributed by atoms with Crippen molar-refractivity contribution in [1.82, 2.24) is 9.88 Å². The Labute approximate surface area is 195 Å². The van der Waals surface area contributed by atoms with Gasteiger partial charge in [0.25, 0.3) is 5.91 Å². The zero-order valence-corrected chi connectivity index (χ0v) is 19.2. The summed E-state index contributed by atoms with van der Waals surface area (Å²) in [5.74, 6) is 0.367. The highest BCUT2D eigenvalue weighted by molar-refractivity contribution is 6.30. The molecule has 4 nitrogen and oxygen atoms in total. The molecule has 1 unspecified atom stereocenters. The molecule has 1 aliphatic rings. The molecule has 0 aliphatic carbocycles. The van der Waals surface area contributed by atoms with Gasteiger partial charge in [-0.15, -0.1) is 0 Å². The molecule has 3 aromatic rings. The molecule has 1 amide bonds. The standard InChI is InChI=1S/C27H29ClN2O2/c1-2-32-19-21-5-10-23(11-6-21)27(31)30-15-3-4-24(18-30)26-14-9-22(17-29-26)16-20-7-12-25(28)13-8-20/h5-14,17,24H,2-4,15-16,18-19H2,1H3. The SMILES string of the molecule is CCOCc1ccc(C(=O)N2CCCC(c3ccc(Cc4ccc(Cl)cc4)cn3)C2)cc1. The van der Waals surface area contributed by atoms with Crippen molar-refractivity contribution < 1.29 is 9.53 Å². The summed E-state index contributed by atoms with van der Waals surface area (Å²) in [6, 6.07) is 20.0. The molecule has 1 fully saturated rings. The van der Waals surface area contributed by atoms with Gasteiger partial charge in [0.2, 0.25) is 0 Å². The van der Waals surface area contributed by atoms with Crippen molar-refractivity contribution in [3.05, 3.63) is 99.8 Å². The zero-order valence-electron chi connectivity index (χ0n) is 18.5. The number of pyridine rings is 1. The minimum atomic E-state index is 0.0945. The first kappa shape index (κ1) is 22.5. The first-order valence-electron chi connectivity index (χ1n) is 11.3. The maximum absolute atomic E-state index is 13.0. The molecule has 4 rings (SSSR count). The van der Waals surface area contributed by atoms with Crippen LogP contribution in [0.3, 0.4) is 0 Å². The molecular weight excluding hydrogens is 420 g/mol. The molecule has 0 bridgehead atoms. The lowest BCUT2D eigenvalue weighted by Gasteiger charge is -2.32. The van der Waals surface area contributed by atoms with Crippen LogP contribution in [-0.4, -0.2) is 35.5 Å². The third kappa shape index (κ3) is 5.76. The van der Waals surface area contributed by atoms with E-state index in [1.807, 2.05) is 66.6 Å². The van der Waals surface area contributed by atoms with Crippen molar-refractivity contribution in [3.8, 4) is 0 Å². The average molecular weight is 449 g/mol. The Morgan fingerprint density at radius 1 is 1.03 bits per heavy atom. The number of piperidine rings is 1. The summed E-state index contributed by atoms with van der Waals surface area (Å²) in [6.45, 7) is 4.75. The second kappa shape index (κ2) is 10.8. The van der Waals surface area contributed by atoms with Gasteiger partial charge in [0.05, 0.1) is 6.61 Å². The minimum Gasteiger partial charge on any atom is -0.377 e.